The number of amides is 2. The van der Waals surface area contributed by atoms with Crippen molar-refractivity contribution in [3.05, 3.63) is 53.6 Å². The Morgan fingerprint density at radius 3 is 2.31 bits per heavy atom. The minimum Gasteiger partial charge on any atom is -0.508 e. The van der Waals surface area contributed by atoms with Crippen LogP contribution in [0.25, 0.3) is 0 Å². The van der Waals surface area contributed by atoms with Crippen molar-refractivity contribution >= 4 is 27.5 Å². The Balaban J connectivity index is 1.85. The maximum absolute atomic E-state index is 11.9. The summed E-state index contributed by atoms with van der Waals surface area (Å²) in [5.74, 6) is -1.54. The van der Waals surface area contributed by atoms with Crippen LogP contribution in [0, 0.1) is 6.92 Å². The largest absolute Gasteiger partial charge is 0.508 e. The molecule has 0 aromatic heterocycles. The zero-order valence-corrected chi connectivity index (χ0v) is 14.8. The number of primary sulfonamides is 1. The number of nitrogens with one attached hydrogen (secondary N) is 2. The molecular weight excluding hydrogens is 358 g/mol. The number of hydrogen-bond acceptors (Lipinski definition) is 5. The number of carbonyl (C=O) groups is 2. The van der Waals surface area contributed by atoms with Gasteiger partial charge >= 0.3 is 11.8 Å². The van der Waals surface area contributed by atoms with Crippen molar-refractivity contribution < 1.29 is 23.1 Å². The van der Waals surface area contributed by atoms with Crippen molar-refractivity contribution in [1.29, 1.82) is 0 Å². The Morgan fingerprint density at radius 1 is 1.08 bits per heavy atom. The molecule has 9 heteroatoms. The third kappa shape index (κ3) is 5.30. The molecule has 0 atom stereocenters. The zero-order valence-electron chi connectivity index (χ0n) is 14.0. The molecule has 0 spiro atoms. The van der Waals surface area contributed by atoms with Crippen molar-refractivity contribution in [3.8, 4) is 5.75 Å². The van der Waals surface area contributed by atoms with Gasteiger partial charge in [-0.15, -0.1) is 0 Å². The highest BCUT2D eigenvalue weighted by Crippen LogP contribution is 2.19. The van der Waals surface area contributed by atoms with Crippen LogP contribution in [0.2, 0.25) is 0 Å². The Morgan fingerprint density at radius 2 is 1.73 bits per heavy atom. The van der Waals surface area contributed by atoms with E-state index in [9.17, 15) is 23.1 Å². The average Bonchev–Trinajstić information content (AvgIpc) is 2.57. The minimum atomic E-state index is -3.74. The molecular formula is C17H19N3O5S. The molecule has 2 amide bonds. The minimum absolute atomic E-state index is 0.00827. The molecule has 8 nitrogen and oxygen atoms in total. The van der Waals surface area contributed by atoms with Crippen molar-refractivity contribution in [2.45, 2.75) is 18.2 Å². The summed E-state index contributed by atoms with van der Waals surface area (Å²) in [7, 11) is -3.74. The molecule has 0 unspecified atom stereocenters. The molecule has 0 heterocycles. The van der Waals surface area contributed by atoms with Gasteiger partial charge in [0.25, 0.3) is 0 Å². The van der Waals surface area contributed by atoms with E-state index in [0.717, 1.165) is 5.56 Å². The van der Waals surface area contributed by atoms with Gasteiger partial charge < -0.3 is 15.7 Å². The number of hydrogen-bond donors (Lipinski definition) is 4. The topological polar surface area (TPSA) is 139 Å². The molecule has 2 aromatic rings. The number of nitrogens with two attached hydrogens (primary N) is 1. The number of phenolic OH excluding ortho intramolecular Hbond substituents is 1. The summed E-state index contributed by atoms with van der Waals surface area (Å²) in [6.45, 7) is 1.90. The average molecular weight is 377 g/mol. The van der Waals surface area contributed by atoms with Crippen LogP contribution < -0.4 is 15.8 Å². The Labute approximate surface area is 151 Å². The normalized spacial score (nSPS) is 11.0. The van der Waals surface area contributed by atoms with Gasteiger partial charge in [0.2, 0.25) is 10.0 Å². The van der Waals surface area contributed by atoms with Gasteiger partial charge in [0, 0.05) is 12.2 Å². The lowest BCUT2D eigenvalue weighted by atomic mass is 10.1. The van der Waals surface area contributed by atoms with Crippen LogP contribution in [0.5, 0.6) is 5.75 Å². The van der Waals surface area contributed by atoms with E-state index in [4.69, 9.17) is 5.14 Å². The molecule has 0 saturated heterocycles. The molecule has 26 heavy (non-hydrogen) atoms. The molecule has 0 aliphatic heterocycles. The molecule has 0 fully saturated rings. The summed E-state index contributed by atoms with van der Waals surface area (Å²) < 4.78 is 22.4. The summed E-state index contributed by atoms with van der Waals surface area (Å²) in [6.07, 6.45) is 0.419. The highest BCUT2D eigenvalue weighted by atomic mass is 32.2. The second kappa shape index (κ2) is 7.98. The predicted octanol–water partition coefficient (Wildman–Crippen LogP) is 0.645. The van der Waals surface area contributed by atoms with E-state index in [1.165, 1.54) is 30.3 Å². The Kier molecular flexibility index (Phi) is 5.96. The standard InChI is InChI=1S/C17H19N3O5S/c1-11-10-13(21)4-7-15(11)20-17(23)16(22)19-9-8-12-2-5-14(6-3-12)26(18,24)25/h2-7,10,21H,8-9H2,1H3,(H,19,22)(H,20,23)(H2,18,24,25). The van der Waals surface area contributed by atoms with Crippen LogP contribution in [0.15, 0.2) is 47.4 Å². The fraction of sp³-hybridized carbons (Fsp3) is 0.176. The van der Waals surface area contributed by atoms with E-state index in [2.05, 4.69) is 10.6 Å². The van der Waals surface area contributed by atoms with E-state index in [1.54, 1.807) is 19.1 Å². The first kappa shape index (κ1) is 19.4. The summed E-state index contributed by atoms with van der Waals surface area (Å²) >= 11 is 0. The van der Waals surface area contributed by atoms with Gasteiger partial charge in [0.05, 0.1) is 4.90 Å². The monoisotopic (exact) mass is 377 g/mol. The maximum Gasteiger partial charge on any atom is 0.313 e. The number of anilines is 1. The second-order valence-corrected chi connectivity index (χ2v) is 7.21. The van der Waals surface area contributed by atoms with Crippen molar-refractivity contribution in [3.63, 3.8) is 0 Å². The van der Waals surface area contributed by atoms with E-state index < -0.39 is 21.8 Å². The summed E-state index contributed by atoms with van der Waals surface area (Å²) in [5, 5.41) is 19.3. The third-order valence-corrected chi connectivity index (χ3v) is 4.54. The quantitative estimate of drug-likeness (QED) is 0.447. The van der Waals surface area contributed by atoms with Crippen LogP contribution in [0.4, 0.5) is 5.69 Å². The maximum atomic E-state index is 11.9. The number of benzene rings is 2. The molecule has 0 bridgehead atoms. The number of carbonyl (C=O) groups excluding carboxylic acids is 2. The SMILES string of the molecule is Cc1cc(O)ccc1NC(=O)C(=O)NCCc1ccc(S(N)(=O)=O)cc1. The van der Waals surface area contributed by atoms with Crippen LogP contribution in [0.3, 0.4) is 0 Å². The van der Waals surface area contributed by atoms with Gasteiger partial charge in [0.15, 0.2) is 0 Å². The van der Waals surface area contributed by atoms with Crippen LogP contribution in [-0.4, -0.2) is 31.9 Å². The Bertz CT molecular complexity index is 924. The van der Waals surface area contributed by atoms with Crippen LogP contribution >= 0.6 is 0 Å². The number of rotatable bonds is 5. The van der Waals surface area contributed by atoms with E-state index >= 15 is 0 Å². The fourth-order valence-electron chi connectivity index (χ4n) is 2.21. The van der Waals surface area contributed by atoms with Crippen molar-refractivity contribution in [1.82, 2.24) is 5.32 Å². The first-order chi connectivity index (χ1) is 12.2. The lowest BCUT2D eigenvalue weighted by Crippen LogP contribution is -2.36. The van der Waals surface area contributed by atoms with Gasteiger partial charge in [-0.05, 0) is 54.8 Å². The number of aromatic hydroxyl groups is 1. The Hall–Kier alpha value is -2.91. The van der Waals surface area contributed by atoms with Crippen molar-refractivity contribution in [2.75, 3.05) is 11.9 Å². The van der Waals surface area contributed by atoms with Gasteiger partial charge in [-0.1, -0.05) is 12.1 Å². The molecule has 138 valence electrons. The fourth-order valence-corrected chi connectivity index (χ4v) is 2.73. The van der Waals surface area contributed by atoms with Gasteiger partial charge in [-0.2, -0.15) is 0 Å². The van der Waals surface area contributed by atoms with Gasteiger partial charge in [0.1, 0.15) is 5.75 Å². The molecule has 0 radical (unpaired) electrons. The van der Waals surface area contributed by atoms with E-state index in [-0.39, 0.29) is 17.2 Å². The third-order valence-electron chi connectivity index (χ3n) is 3.62. The molecule has 2 aromatic carbocycles. The second-order valence-electron chi connectivity index (χ2n) is 5.65. The van der Waals surface area contributed by atoms with Crippen LogP contribution in [-0.2, 0) is 26.0 Å². The molecule has 0 aliphatic carbocycles. The lowest BCUT2D eigenvalue weighted by molar-refractivity contribution is -0.136. The molecule has 2 rings (SSSR count). The highest BCUT2D eigenvalue weighted by molar-refractivity contribution is 7.89. The van der Waals surface area contributed by atoms with Crippen molar-refractivity contribution in [2.24, 2.45) is 5.14 Å². The van der Waals surface area contributed by atoms with Crippen LogP contribution in [0.1, 0.15) is 11.1 Å². The summed E-state index contributed by atoms with van der Waals surface area (Å²) in [5.41, 5.74) is 1.84. The first-order valence-corrected chi connectivity index (χ1v) is 9.22. The van der Waals surface area contributed by atoms with Gasteiger partial charge in [-0.25, -0.2) is 13.6 Å². The first-order valence-electron chi connectivity index (χ1n) is 7.67. The molecule has 0 aliphatic rings. The molecule has 0 saturated carbocycles. The zero-order chi connectivity index (χ0) is 19.3. The number of aryl methyl sites for hydroxylation is 1. The van der Waals surface area contributed by atoms with E-state index in [0.29, 0.717) is 17.7 Å². The molecule has 5 N–H and O–H groups in total. The number of sulfonamides is 1. The number of phenols is 1. The summed E-state index contributed by atoms with van der Waals surface area (Å²) in [4.78, 5) is 23.7. The predicted molar refractivity (Wildman–Crippen MR) is 96.0 cm³/mol. The smallest absolute Gasteiger partial charge is 0.313 e. The van der Waals surface area contributed by atoms with E-state index in [1.807, 2.05) is 0 Å². The highest BCUT2D eigenvalue weighted by Gasteiger charge is 2.14. The lowest BCUT2D eigenvalue weighted by Gasteiger charge is -2.09. The van der Waals surface area contributed by atoms with Gasteiger partial charge in [-0.3, -0.25) is 9.59 Å². The summed E-state index contributed by atoms with van der Waals surface area (Å²) in [6, 6.07) is 10.3.